The van der Waals surface area contributed by atoms with E-state index < -0.39 is 0 Å². The molecule has 1 aliphatic carbocycles. The standard InChI is InChI=1S/C14H15NO2/c1-11-12-7-3-2-4-8-13(12)14(17)15(11)9-5-6-10-16/h2,4,7-8,10H,1,3,5-6,9H2. The number of nitrogens with zero attached hydrogens (tertiary/aromatic N) is 1. The monoisotopic (exact) mass is 229 g/mol. The highest BCUT2D eigenvalue weighted by atomic mass is 16.2. The topological polar surface area (TPSA) is 37.4 Å². The van der Waals surface area contributed by atoms with E-state index in [0.29, 0.717) is 19.4 Å². The molecule has 0 N–H and O–H groups in total. The van der Waals surface area contributed by atoms with Crippen LogP contribution in [0.25, 0.3) is 0 Å². The molecule has 0 unspecified atom stereocenters. The van der Waals surface area contributed by atoms with Gasteiger partial charge in [-0.3, -0.25) is 4.79 Å². The summed E-state index contributed by atoms with van der Waals surface area (Å²) >= 11 is 0. The van der Waals surface area contributed by atoms with Gasteiger partial charge in [-0.25, -0.2) is 0 Å². The lowest BCUT2D eigenvalue weighted by molar-refractivity contribution is -0.123. The normalized spacial score (nSPS) is 18.7. The molecule has 88 valence electrons. The van der Waals surface area contributed by atoms with E-state index in [1.54, 1.807) is 4.90 Å². The summed E-state index contributed by atoms with van der Waals surface area (Å²) in [6.45, 7) is 4.53. The minimum Gasteiger partial charge on any atom is -0.308 e. The quantitative estimate of drug-likeness (QED) is 0.547. The van der Waals surface area contributed by atoms with Gasteiger partial charge in [-0.1, -0.05) is 24.8 Å². The average Bonchev–Trinajstić information content (AvgIpc) is 2.54. The third-order valence-electron chi connectivity index (χ3n) is 2.96. The third-order valence-corrected chi connectivity index (χ3v) is 2.96. The van der Waals surface area contributed by atoms with Crippen LogP contribution in [0, 0.1) is 0 Å². The number of fused-ring (bicyclic) bond motifs is 1. The zero-order chi connectivity index (χ0) is 12.3. The molecule has 0 aromatic heterocycles. The van der Waals surface area contributed by atoms with Crippen LogP contribution in [0.1, 0.15) is 19.3 Å². The van der Waals surface area contributed by atoms with Crippen LogP contribution in [0.2, 0.25) is 0 Å². The number of aldehydes is 1. The Hall–Kier alpha value is -1.90. The molecule has 17 heavy (non-hydrogen) atoms. The molecule has 0 aromatic rings. The molecule has 0 radical (unpaired) electrons. The first-order valence-electron chi connectivity index (χ1n) is 5.78. The van der Waals surface area contributed by atoms with Gasteiger partial charge in [-0.15, -0.1) is 0 Å². The van der Waals surface area contributed by atoms with E-state index in [1.807, 2.05) is 24.3 Å². The number of hydrogen-bond acceptors (Lipinski definition) is 2. The highest BCUT2D eigenvalue weighted by molar-refractivity contribution is 6.05. The Labute approximate surface area is 101 Å². The van der Waals surface area contributed by atoms with Crippen molar-refractivity contribution < 1.29 is 9.59 Å². The van der Waals surface area contributed by atoms with Crippen LogP contribution in [-0.2, 0) is 9.59 Å². The summed E-state index contributed by atoms with van der Waals surface area (Å²) in [5.41, 5.74) is 2.41. The lowest BCUT2D eigenvalue weighted by Crippen LogP contribution is -2.24. The van der Waals surface area contributed by atoms with E-state index in [1.165, 1.54) is 0 Å². The Morgan fingerprint density at radius 3 is 3.00 bits per heavy atom. The summed E-state index contributed by atoms with van der Waals surface area (Å²) in [5.74, 6) is -0.00120. The maximum Gasteiger partial charge on any atom is 0.258 e. The van der Waals surface area contributed by atoms with Crippen LogP contribution < -0.4 is 0 Å². The average molecular weight is 229 g/mol. The lowest BCUT2D eigenvalue weighted by atomic mass is 10.1. The zero-order valence-corrected chi connectivity index (χ0v) is 9.69. The number of unbranched alkanes of at least 4 members (excludes halogenated alkanes) is 1. The first-order valence-corrected chi connectivity index (χ1v) is 5.78. The Bertz CT molecular complexity index is 455. The van der Waals surface area contributed by atoms with Crippen molar-refractivity contribution in [2.45, 2.75) is 19.3 Å². The summed E-state index contributed by atoms with van der Waals surface area (Å²) in [6.07, 6.45) is 10.6. The zero-order valence-electron chi connectivity index (χ0n) is 9.69. The molecule has 1 amide bonds. The molecular weight excluding hydrogens is 214 g/mol. The molecule has 0 bridgehead atoms. The van der Waals surface area contributed by atoms with Gasteiger partial charge in [-0.2, -0.15) is 0 Å². The van der Waals surface area contributed by atoms with Crippen molar-refractivity contribution in [3.05, 3.63) is 47.7 Å². The molecule has 0 atom stereocenters. The van der Waals surface area contributed by atoms with E-state index in [9.17, 15) is 9.59 Å². The number of rotatable bonds is 4. The lowest BCUT2D eigenvalue weighted by Gasteiger charge is -2.15. The fourth-order valence-electron chi connectivity index (χ4n) is 2.07. The van der Waals surface area contributed by atoms with E-state index in [2.05, 4.69) is 6.58 Å². The van der Waals surface area contributed by atoms with E-state index >= 15 is 0 Å². The van der Waals surface area contributed by atoms with Gasteiger partial charge in [0.2, 0.25) is 0 Å². The molecule has 2 rings (SSSR count). The van der Waals surface area contributed by atoms with Crippen LogP contribution in [0.3, 0.4) is 0 Å². The summed E-state index contributed by atoms with van der Waals surface area (Å²) in [7, 11) is 0. The molecule has 1 fully saturated rings. The first-order chi connectivity index (χ1) is 8.25. The molecule has 0 saturated carbocycles. The van der Waals surface area contributed by atoms with Crippen molar-refractivity contribution in [1.29, 1.82) is 0 Å². The Morgan fingerprint density at radius 2 is 2.24 bits per heavy atom. The third kappa shape index (κ3) is 2.13. The summed E-state index contributed by atoms with van der Waals surface area (Å²) in [6, 6.07) is 0. The van der Waals surface area contributed by atoms with Gasteiger partial charge in [0, 0.05) is 29.8 Å². The maximum atomic E-state index is 12.1. The Morgan fingerprint density at radius 1 is 1.41 bits per heavy atom. The van der Waals surface area contributed by atoms with Gasteiger partial charge < -0.3 is 9.69 Å². The van der Waals surface area contributed by atoms with Crippen molar-refractivity contribution in [2.24, 2.45) is 0 Å². The number of hydrogen-bond donors (Lipinski definition) is 0. The van der Waals surface area contributed by atoms with Crippen molar-refractivity contribution in [3.8, 4) is 0 Å². The summed E-state index contributed by atoms with van der Waals surface area (Å²) in [5, 5.41) is 0. The highest BCUT2D eigenvalue weighted by Crippen LogP contribution is 2.33. The first kappa shape index (κ1) is 11.6. The largest absolute Gasteiger partial charge is 0.308 e. The van der Waals surface area contributed by atoms with Gasteiger partial charge in [0.15, 0.2) is 0 Å². The van der Waals surface area contributed by atoms with Gasteiger partial charge in [0.25, 0.3) is 5.91 Å². The second-order valence-electron chi connectivity index (χ2n) is 4.07. The number of carbonyl (C=O) groups excluding carboxylic acids is 2. The van der Waals surface area contributed by atoms with Gasteiger partial charge in [0.1, 0.15) is 6.29 Å². The molecule has 0 aromatic carbocycles. The Kier molecular flexibility index (Phi) is 3.38. The van der Waals surface area contributed by atoms with Crippen molar-refractivity contribution in [3.63, 3.8) is 0 Å². The minimum atomic E-state index is -0.00120. The van der Waals surface area contributed by atoms with Gasteiger partial charge >= 0.3 is 0 Å². The maximum absolute atomic E-state index is 12.1. The molecule has 1 aliphatic heterocycles. The number of amides is 1. The minimum absolute atomic E-state index is 0.00120. The molecule has 0 spiro atoms. The molecule has 3 nitrogen and oxygen atoms in total. The SMILES string of the molecule is C=C1C2=CCC=CC=C2C(=O)N1CCCC=O. The summed E-state index contributed by atoms with van der Waals surface area (Å²) < 4.78 is 0. The second kappa shape index (κ2) is 4.95. The van der Waals surface area contributed by atoms with Crippen LogP contribution in [-0.4, -0.2) is 23.6 Å². The van der Waals surface area contributed by atoms with Crippen molar-refractivity contribution in [1.82, 2.24) is 4.90 Å². The molecule has 3 heteroatoms. The van der Waals surface area contributed by atoms with Crippen molar-refractivity contribution >= 4 is 12.2 Å². The molecule has 1 heterocycles. The van der Waals surface area contributed by atoms with E-state index in [0.717, 1.165) is 29.6 Å². The van der Waals surface area contributed by atoms with E-state index in [4.69, 9.17) is 0 Å². The van der Waals surface area contributed by atoms with Crippen LogP contribution in [0.15, 0.2) is 47.7 Å². The van der Waals surface area contributed by atoms with Crippen LogP contribution in [0.4, 0.5) is 0 Å². The predicted octanol–water partition coefficient (Wildman–Crippen LogP) is 2.13. The van der Waals surface area contributed by atoms with Crippen LogP contribution in [0.5, 0.6) is 0 Å². The highest BCUT2D eigenvalue weighted by Gasteiger charge is 2.33. The molecular formula is C14H15NO2. The fraction of sp³-hybridized carbons (Fsp3) is 0.286. The smallest absolute Gasteiger partial charge is 0.258 e. The summed E-state index contributed by atoms with van der Waals surface area (Å²) in [4.78, 5) is 24.1. The molecule has 1 saturated heterocycles. The van der Waals surface area contributed by atoms with Gasteiger partial charge in [0.05, 0.1) is 0 Å². The fourth-order valence-corrected chi connectivity index (χ4v) is 2.07. The van der Waals surface area contributed by atoms with E-state index in [-0.39, 0.29) is 5.91 Å². The van der Waals surface area contributed by atoms with Crippen molar-refractivity contribution in [2.75, 3.05) is 6.54 Å². The molecule has 2 aliphatic rings. The van der Waals surface area contributed by atoms with Crippen LogP contribution >= 0.6 is 0 Å². The predicted molar refractivity (Wildman–Crippen MR) is 66.1 cm³/mol. The Balaban J connectivity index is 2.19. The number of likely N-dealkylation sites (tertiary alicyclic amines) is 1. The van der Waals surface area contributed by atoms with Gasteiger partial charge in [-0.05, 0) is 18.9 Å². The number of carbonyl (C=O) groups is 2. The number of allylic oxidation sites excluding steroid dienone is 5. The second-order valence-corrected chi connectivity index (χ2v) is 4.07.